The van der Waals surface area contributed by atoms with Crippen LogP contribution in [0.25, 0.3) is 0 Å². The Kier molecular flexibility index (Phi) is 6.38. The molecule has 2 aromatic heterocycles. The Balaban J connectivity index is 1.92. The second-order valence-electron chi connectivity index (χ2n) is 6.15. The van der Waals surface area contributed by atoms with Crippen molar-refractivity contribution in [3.8, 4) is 5.88 Å². The van der Waals surface area contributed by atoms with Gasteiger partial charge in [-0.15, -0.1) is 0 Å². The van der Waals surface area contributed by atoms with Crippen LogP contribution < -0.4 is 15.4 Å². The highest BCUT2D eigenvalue weighted by Crippen LogP contribution is 2.14. The van der Waals surface area contributed by atoms with Gasteiger partial charge in [0, 0.05) is 44.6 Å². The van der Waals surface area contributed by atoms with Crippen LogP contribution in [0.15, 0.2) is 23.3 Å². The molecule has 0 saturated carbocycles. The summed E-state index contributed by atoms with van der Waals surface area (Å²) < 4.78 is 7.08. The Morgan fingerprint density at radius 1 is 1.40 bits per heavy atom. The van der Waals surface area contributed by atoms with E-state index in [0.29, 0.717) is 12.4 Å². The van der Waals surface area contributed by atoms with Crippen LogP contribution in [0.2, 0.25) is 0 Å². The molecule has 0 aromatic carbocycles. The van der Waals surface area contributed by atoms with Crippen LogP contribution in [0, 0.1) is 13.8 Å². The van der Waals surface area contributed by atoms with Crippen molar-refractivity contribution >= 4 is 5.96 Å². The lowest BCUT2D eigenvalue weighted by Crippen LogP contribution is -2.42. The maximum Gasteiger partial charge on any atom is 0.213 e. The second-order valence-corrected chi connectivity index (χ2v) is 6.15. The van der Waals surface area contributed by atoms with Crippen molar-refractivity contribution in [2.45, 2.75) is 39.8 Å². The van der Waals surface area contributed by atoms with E-state index >= 15 is 0 Å². The summed E-state index contributed by atoms with van der Waals surface area (Å²) in [5.74, 6) is 1.38. The molecule has 0 fully saturated rings. The molecule has 7 nitrogen and oxygen atoms in total. The van der Waals surface area contributed by atoms with Crippen molar-refractivity contribution in [2.24, 2.45) is 12.0 Å². The number of ether oxygens (including phenoxy) is 1. The summed E-state index contributed by atoms with van der Waals surface area (Å²) in [6.07, 6.45) is 2.64. The fourth-order valence-electron chi connectivity index (χ4n) is 2.76. The van der Waals surface area contributed by atoms with E-state index in [-0.39, 0.29) is 6.04 Å². The number of guanidine groups is 1. The first-order valence-corrected chi connectivity index (χ1v) is 8.39. The molecule has 0 saturated heterocycles. The summed E-state index contributed by atoms with van der Waals surface area (Å²) in [4.78, 5) is 8.42. The van der Waals surface area contributed by atoms with Gasteiger partial charge in [0.25, 0.3) is 0 Å². The number of nitrogens with zero attached hydrogens (tertiary/aromatic N) is 4. The van der Waals surface area contributed by atoms with E-state index in [1.54, 1.807) is 20.4 Å². The highest BCUT2D eigenvalue weighted by molar-refractivity contribution is 5.79. The van der Waals surface area contributed by atoms with Gasteiger partial charge in [0.05, 0.1) is 12.8 Å². The van der Waals surface area contributed by atoms with Crippen molar-refractivity contribution in [1.82, 2.24) is 25.4 Å². The topological polar surface area (TPSA) is 76.4 Å². The Bertz CT molecular complexity index is 737. The molecular weight excluding hydrogens is 316 g/mol. The fourth-order valence-corrected chi connectivity index (χ4v) is 2.76. The van der Waals surface area contributed by atoms with Crippen molar-refractivity contribution in [2.75, 3.05) is 14.2 Å². The van der Waals surface area contributed by atoms with E-state index in [0.717, 1.165) is 23.6 Å². The van der Waals surface area contributed by atoms with E-state index in [4.69, 9.17) is 4.74 Å². The lowest BCUT2D eigenvalue weighted by molar-refractivity contribution is 0.397. The maximum absolute atomic E-state index is 5.15. The van der Waals surface area contributed by atoms with Gasteiger partial charge in [-0.3, -0.25) is 9.67 Å². The van der Waals surface area contributed by atoms with Crippen molar-refractivity contribution < 1.29 is 4.74 Å². The highest BCUT2D eigenvalue weighted by atomic mass is 16.5. The number of nitrogens with one attached hydrogen (secondary N) is 2. The number of methoxy groups -OCH3 is 1. The van der Waals surface area contributed by atoms with E-state index < -0.39 is 0 Å². The molecule has 2 rings (SSSR count). The third-order valence-corrected chi connectivity index (χ3v) is 4.24. The number of hydrogen-bond donors (Lipinski definition) is 2. The quantitative estimate of drug-likeness (QED) is 0.617. The zero-order chi connectivity index (χ0) is 18.4. The van der Waals surface area contributed by atoms with Gasteiger partial charge in [0.15, 0.2) is 5.96 Å². The summed E-state index contributed by atoms with van der Waals surface area (Å²) in [5.41, 5.74) is 4.66. The number of pyridine rings is 1. The van der Waals surface area contributed by atoms with Crippen LogP contribution >= 0.6 is 0 Å². The number of aromatic nitrogens is 3. The van der Waals surface area contributed by atoms with Gasteiger partial charge >= 0.3 is 0 Å². The first kappa shape index (κ1) is 18.8. The number of aliphatic imine (C=N–C) groups is 1. The molecule has 2 aromatic rings. The summed E-state index contributed by atoms with van der Waals surface area (Å²) in [5, 5.41) is 11.2. The van der Waals surface area contributed by atoms with E-state index in [1.807, 2.05) is 23.9 Å². The van der Waals surface area contributed by atoms with Crippen LogP contribution in [-0.2, 0) is 20.0 Å². The summed E-state index contributed by atoms with van der Waals surface area (Å²) in [6, 6.07) is 4.10. The highest BCUT2D eigenvalue weighted by Gasteiger charge is 2.14. The van der Waals surface area contributed by atoms with Gasteiger partial charge in [-0.1, -0.05) is 0 Å². The molecule has 25 heavy (non-hydrogen) atoms. The first-order valence-electron chi connectivity index (χ1n) is 8.39. The van der Waals surface area contributed by atoms with Gasteiger partial charge in [0.1, 0.15) is 0 Å². The Labute approximate surface area is 149 Å². The van der Waals surface area contributed by atoms with Crippen LogP contribution in [0.3, 0.4) is 0 Å². The second kappa shape index (κ2) is 8.50. The zero-order valence-electron chi connectivity index (χ0n) is 15.9. The van der Waals surface area contributed by atoms with E-state index in [9.17, 15) is 0 Å². The van der Waals surface area contributed by atoms with Gasteiger partial charge in [0.2, 0.25) is 5.88 Å². The minimum atomic E-state index is 0.236. The SMILES string of the molecule is CN=C(NCc1ccnc(OC)c1)NC(C)Cc1c(C)nn(C)c1C. The molecular formula is C18H28N6O. The average molecular weight is 344 g/mol. The van der Waals surface area contributed by atoms with Crippen LogP contribution in [0.5, 0.6) is 5.88 Å². The van der Waals surface area contributed by atoms with Crippen LogP contribution in [0.1, 0.15) is 29.4 Å². The number of rotatable bonds is 6. The normalized spacial score (nSPS) is 12.8. The molecule has 0 bridgehead atoms. The first-order chi connectivity index (χ1) is 11.9. The fraction of sp³-hybridized carbons (Fsp3) is 0.500. The van der Waals surface area contributed by atoms with Crippen molar-refractivity contribution in [1.29, 1.82) is 0 Å². The summed E-state index contributed by atoms with van der Waals surface area (Å²) in [6.45, 7) is 6.95. The number of hydrogen-bond acceptors (Lipinski definition) is 4. The molecule has 0 spiro atoms. The monoisotopic (exact) mass is 344 g/mol. The number of aryl methyl sites for hydroxylation is 2. The molecule has 0 amide bonds. The largest absolute Gasteiger partial charge is 0.481 e. The Hall–Kier alpha value is -2.57. The maximum atomic E-state index is 5.15. The van der Waals surface area contributed by atoms with Gasteiger partial charge < -0.3 is 15.4 Å². The predicted octanol–water partition coefficient (Wildman–Crippen LogP) is 1.74. The van der Waals surface area contributed by atoms with Gasteiger partial charge in [-0.25, -0.2) is 4.98 Å². The van der Waals surface area contributed by atoms with Gasteiger partial charge in [-0.2, -0.15) is 5.10 Å². The van der Waals surface area contributed by atoms with Gasteiger partial charge in [-0.05, 0) is 44.4 Å². The molecule has 1 unspecified atom stereocenters. The lowest BCUT2D eigenvalue weighted by Gasteiger charge is -2.18. The zero-order valence-corrected chi connectivity index (χ0v) is 15.9. The molecule has 136 valence electrons. The van der Waals surface area contributed by atoms with E-state index in [2.05, 4.69) is 46.5 Å². The molecule has 1 atom stereocenters. The predicted molar refractivity (Wildman–Crippen MR) is 100.0 cm³/mol. The third-order valence-electron chi connectivity index (χ3n) is 4.24. The standard InChI is InChI=1S/C18H28N6O/c1-12(9-16-13(2)23-24(5)14(16)3)22-18(19-4)21-11-15-7-8-20-17(10-15)25-6/h7-8,10,12H,9,11H2,1-6H3,(H2,19,21,22). The molecule has 2 heterocycles. The van der Waals surface area contributed by atoms with Crippen molar-refractivity contribution in [3.63, 3.8) is 0 Å². The van der Waals surface area contributed by atoms with Crippen LogP contribution in [-0.4, -0.2) is 40.9 Å². The van der Waals surface area contributed by atoms with Crippen LogP contribution in [0.4, 0.5) is 0 Å². The minimum absolute atomic E-state index is 0.236. The Morgan fingerprint density at radius 2 is 2.16 bits per heavy atom. The van der Waals surface area contributed by atoms with Crippen molar-refractivity contribution in [3.05, 3.63) is 40.8 Å². The molecule has 0 aliphatic carbocycles. The third kappa shape index (κ3) is 4.95. The lowest BCUT2D eigenvalue weighted by atomic mass is 10.1. The van der Waals surface area contributed by atoms with E-state index in [1.165, 1.54) is 11.3 Å². The molecule has 2 N–H and O–H groups in total. The summed E-state index contributed by atoms with van der Waals surface area (Å²) in [7, 11) is 5.37. The molecule has 0 radical (unpaired) electrons. The Morgan fingerprint density at radius 3 is 2.76 bits per heavy atom. The summed E-state index contributed by atoms with van der Waals surface area (Å²) >= 11 is 0. The molecule has 0 aliphatic heterocycles. The molecule has 0 aliphatic rings. The smallest absolute Gasteiger partial charge is 0.213 e. The molecule has 7 heteroatoms. The minimum Gasteiger partial charge on any atom is -0.481 e. The average Bonchev–Trinajstić information content (AvgIpc) is 2.84.